The summed E-state index contributed by atoms with van der Waals surface area (Å²) < 4.78 is 17.8. The van der Waals surface area contributed by atoms with Gasteiger partial charge in [0.05, 0.1) is 24.1 Å². The maximum absolute atomic E-state index is 13.0. The normalized spacial score (nSPS) is 9.81. The summed E-state index contributed by atoms with van der Waals surface area (Å²) in [5.41, 5.74) is 10.2. The Balaban J connectivity index is 2.53. The first-order valence-corrected chi connectivity index (χ1v) is 6.28. The minimum absolute atomic E-state index is 0.162. The molecule has 2 rings (SSSR count). The Morgan fingerprint density at radius 1 is 1.33 bits per heavy atom. The zero-order chi connectivity index (χ0) is 15.2. The second-order valence-corrected chi connectivity index (χ2v) is 4.08. The van der Waals surface area contributed by atoms with Gasteiger partial charge in [-0.3, -0.25) is 4.98 Å². The SMILES string of the molecule is CCOC(=O)C(=[N+]=[N-])c1ccccc1-c1ccc(F)cn1. The molecule has 0 atom stereocenters. The Hall–Kier alpha value is -2.85. The molecule has 106 valence electrons. The van der Waals surface area contributed by atoms with Crippen molar-refractivity contribution >= 4 is 11.7 Å². The van der Waals surface area contributed by atoms with E-state index < -0.39 is 11.8 Å². The van der Waals surface area contributed by atoms with Gasteiger partial charge in [0.15, 0.2) is 0 Å². The third-order valence-electron chi connectivity index (χ3n) is 2.75. The number of carbonyl (C=O) groups excluding carboxylic acids is 1. The molecule has 0 N–H and O–H groups in total. The van der Waals surface area contributed by atoms with Gasteiger partial charge in [-0.05, 0) is 25.1 Å². The van der Waals surface area contributed by atoms with Crippen molar-refractivity contribution < 1.29 is 18.7 Å². The zero-order valence-corrected chi connectivity index (χ0v) is 11.3. The molecule has 0 saturated carbocycles. The van der Waals surface area contributed by atoms with Gasteiger partial charge >= 0.3 is 11.7 Å². The van der Waals surface area contributed by atoms with E-state index in [1.807, 2.05) is 0 Å². The first-order valence-electron chi connectivity index (χ1n) is 6.28. The van der Waals surface area contributed by atoms with Crippen LogP contribution in [-0.4, -0.2) is 28.1 Å². The largest absolute Gasteiger partial charge is 0.457 e. The van der Waals surface area contributed by atoms with Crippen molar-refractivity contribution in [2.45, 2.75) is 6.92 Å². The predicted octanol–water partition coefficient (Wildman–Crippen LogP) is 2.47. The molecule has 0 radical (unpaired) electrons. The van der Waals surface area contributed by atoms with Crippen LogP contribution in [0, 0.1) is 5.82 Å². The summed E-state index contributed by atoms with van der Waals surface area (Å²) in [7, 11) is 0. The fourth-order valence-corrected chi connectivity index (χ4v) is 1.85. The van der Waals surface area contributed by atoms with Gasteiger partial charge in [-0.15, -0.1) is 0 Å². The Kier molecular flexibility index (Phi) is 4.53. The van der Waals surface area contributed by atoms with Gasteiger partial charge in [0.2, 0.25) is 0 Å². The van der Waals surface area contributed by atoms with Crippen molar-refractivity contribution in [2.24, 2.45) is 0 Å². The first-order chi connectivity index (χ1) is 10.2. The first kappa shape index (κ1) is 14.6. The van der Waals surface area contributed by atoms with Crippen LogP contribution in [0.4, 0.5) is 4.39 Å². The molecule has 0 saturated heterocycles. The van der Waals surface area contributed by atoms with Gasteiger partial charge in [-0.1, -0.05) is 18.2 Å². The molecular weight excluding hydrogens is 273 g/mol. The quantitative estimate of drug-likeness (QED) is 0.375. The minimum Gasteiger partial charge on any atom is -0.457 e. The third kappa shape index (κ3) is 3.19. The van der Waals surface area contributed by atoms with Crippen LogP contribution in [0.5, 0.6) is 0 Å². The number of esters is 1. The summed E-state index contributed by atoms with van der Waals surface area (Å²) in [4.78, 5) is 18.8. The van der Waals surface area contributed by atoms with Crippen LogP contribution in [0.2, 0.25) is 0 Å². The van der Waals surface area contributed by atoms with E-state index >= 15 is 0 Å². The van der Waals surface area contributed by atoms with Crippen LogP contribution >= 0.6 is 0 Å². The standard InChI is InChI=1S/C15H12FN3O2/c1-2-21-15(20)14(19-17)12-6-4-3-5-11(12)13-8-7-10(16)9-18-13/h3-9H,2H2,1H3. The second-order valence-electron chi connectivity index (χ2n) is 4.08. The molecular formula is C15H12FN3O2. The summed E-state index contributed by atoms with van der Waals surface area (Å²) in [5, 5.41) is 0. The lowest BCUT2D eigenvalue weighted by Gasteiger charge is -2.05. The van der Waals surface area contributed by atoms with Gasteiger partial charge < -0.3 is 10.3 Å². The number of benzene rings is 1. The predicted molar refractivity (Wildman–Crippen MR) is 74.0 cm³/mol. The summed E-state index contributed by atoms with van der Waals surface area (Å²) >= 11 is 0. The number of halogens is 1. The van der Waals surface area contributed by atoms with E-state index in [1.54, 1.807) is 31.2 Å². The van der Waals surface area contributed by atoms with Crippen molar-refractivity contribution in [1.82, 2.24) is 4.98 Å². The fraction of sp³-hybridized carbons (Fsp3) is 0.133. The van der Waals surface area contributed by atoms with E-state index in [4.69, 9.17) is 10.3 Å². The summed E-state index contributed by atoms with van der Waals surface area (Å²) in [6, 6.07) is 9.47. The lowest BCUT2D eigenvalue weighted by Crippen LogP contribution is -2.20. The zero-order valence-electron chi connectivity index (χ0n) is 11.3. The van der Waals surface area contributed by atoms with E-state index in [-0.39, 0.29) is 12.3 Å². The molecule has 1 heterocycles. The van der Waals surface area contributed by atoms with Gasteiger partial charge in [0, 0.05) is 5.56 Å². The lowest BCUT2D eigenvalue weighted by molar-refractivity contribution is -0.139. The van der Waals surface area contributed by atoms with Crippen LogP contribution in [0.3, 0.4) is 0 Å². The average Bonchev–Trinajstić information content (AvgIpc) is 2.50. The van der Waals surface area contributed by atoms with Gasteiger partial charge in [-0.25, -0.2) is 9.18 Å². The number of aromatic nitrogens is 1. The molecule has 0 amide bonds. The van der Waals surface area contributed by atoms with E-state index in [0.717, 1.165) is 6.20 Å². The van der Waals surface area contributed by atoms with E-state index in [1.165, 1.54) is 12.1 Å². The molecule has 1 aromatic heterocycles. The van der Waals surface area contributed by atoms with Gasteiger partial charge in [0.25, 0.3) is 0 Å². The minimum atomic E-state index is -0.741. The van der Waals surface area contributed by atoms with Crippen LogP contribution in [0.25, 0.3) is 16.8 Å². The third-order valence-corrected chi connectivity index (χ3v) is 2.75. The molecule has 21 heavy (non-hydrogen) atoms. The number of pyridine rings is 1. The Labute approximate surface area is 120 Å². The van der Waals surface area contributed by atoms with Crippen molar-refractivity contribution in [3.8, 4) is 11.3 Å². The molecule has 0 unspecified atom stereocenters. The molecule has 0 aliphatic heterocycles. The maximum atomic E-state index is 13.0. The van der Waals surface area contributed by atoms with Crippen LogP contribution in [-0.2, 0) is 9.53 Å². The highest BCUT2D eigenvalue weighted by atomic mass is 19.1. The molecule has 0 aliphatic rings. The van der Waals surface area contributed by atoms with E-state index in [2.05, 4.69) is 9.77 Å². The summed E-state index contributed by atoms with van der Waals surface area (Å²) in [6.07, 6.45) is 1.08. The van der Waals surface area contributed by atoms with Crippen LogP contribution < -0.4 is 0 Å². The highest BCUT2D eigenvalue weighted by Crippen LogP contribution is 2.22. The number of nitrogens with zero attached hydrogens (tertiary/aromatic N) is 3. The Bertz CT molecular complexity index is 707. The highest BCUT2D eigenvalue weighted by molar-refractivity contribution is 6.42. The molecule has 5 nitrogen and oxygen atoms in total. The Morgan fingerprint density at radius 2 is 2.10 bits per heavy atom. The van der Waals surface area contributed by atoms with Crippen molar-refractivity contribution in [2.75, 3.05) is 6.61 Å². The van der Waals surface area contributed by atoms with E-state index in [0.29, 0.717) is 16.8 Å². The Morgan fingerprint density at radius 3 is 2.71 bits per heavy atom. The molecule has 2 aromatic rings. The van der Waals surface area contributed by atoms with Crippen LogP contribution in [0.1, 0.15) is 12.5 Å². The van der Waals surface area contributed by atoms with Gasteiger partial charge in [0.1, 0.15) is 5.82 Å². The molecule has 0 fully saturated rings. The molecule has 1 aromatic carbocycles. The second kappa shape index (κ2) is 6.54. The lowest BCUT2D eigenvalue weighted by atomic mass is 10.00. The van der Waals surface area contributed by atoms with Crippen molar-refractivity contribution in [3.05, 3.63) is 59.5 Å². The number of ether oxygens (including phenoxy) is 1. The molecule has 6 heteroatoms. The molecule has 0 spiro atoms. The smallest absolute Gasteiger partial charge is 0.422 e. The fourth-order valence-electron chi connectivity index (χ4n) is 1.85. The number of hydrogen-bond acceptors (Lipinski definition) is 3. The van der Waals surface area contributed by atoms with E-state index in [9.17, 15) is 9.18 Å². The number of hydrogen-bond donors (Lipinski definition) is 0. The number of carbonyl (C=O) groups is 1. The van der Waals surface area contributed by atoms with Crippen LogP contribution in [0.15, 0.2) is 42.6 Å². The molecule has 0 aliphatic carbocycles. The highest BCUT2D eigenvalue weighted by Gasteiger charge is 2.27. The maximum Gasteiger partial charge on any atom is 0.422 e. The topological polar surface area (TPSA) is 75.6 Å². The monoisotopic (exact) mass is 285 g/mol. The van der Waals surface area contributed by atoms with Crippen molar-refractivity contribution in [3.63, 3.8) is 0 Å². The average molecular weight is 285 g/mol. The van der Waals surface area contributed by atoms with Crippen molar-refractivity contribution in [1.29, 1.82) is 0 Å². The summed E-state index contributed by atoms with van der Waals surface area (Å²) in [6.45, 7) is 1.81. The van der Waals surface area contributed by atoms with Gasteiger partial charge in [-0.2, -0.15) is 4.79 Å². The molecule has 0 bridgehead atoms. The number of rotatable bonds is 4. The summed E-state index contributed by atoms with van der Waals surface area (Å²) in [5.74, 6) is -1.20.